The summed E-state index contributed by atoms with van der Waals surface area (Å²) in [5.74, 6) is 1.91. The first kappa shape index (κ1) is 42.3. The highest BCUT2D eigenvalue weighted by atomic mass is 16.5. The van der Waals surface area contributed by atoms with Crippen molar-refractivity contribution in [3.05, 3.63) is 0 Å². The Morgan fingerprint density at radius 3 is 1.97 bits per heavy atom. The molecule has 9 aliphatic rings. The van der Waals surface area contributed by atoms with Gasteiger partial charge in [-0.25, -0.2) is 0 Å². The van der Waals surface area contributed by atoms with E-state index in [0.29, 0.717) is 79.9 Å². The Bertz CT molecular complexity index is 1760. The summed E-state index contributed by atoms with van der Waals surface area (Å²) in [7, 11) is 0. The fraction of sp³-hybridized carbons (Fsp3) is 0.922. The number of ether oxygens (including phenoxy) is 2. The van der Waals surface area contributed by atoms with E-state index in [2.05, 4.69) is 55.4 Å². The van der Waals surface area contributed by atoms with Crippen LogP contribution in [0.25, 0.3) is 0 Å². The van der Waals surface area contributed by atoms with Crippen LogP contribution in [0, 0.1) is 96.6 Å². The first-order valence-corrected chi connectivity index (χ1v) is 24.3. The van der Waals surface area contributed by atoms with E-state index in [1.807, 2.05) is 18.7 Å². The molecular formula is C51H79NO7. The molecule has 0 bridgehead atoms. The number of fused-ring (bicyclic) bond motifs is 7. The van der Waals surface area contributed by atoms with Gasteiger partial charge < -0.3 is 19.5 Å². The summed E-state index contributed by atoms with van der Waals surface area (Å²) in [5, 5.41) is 9.71. The SMILES string of the molecule is CC1([C@@H]2CC[C@]3(C(=O)C[C@H]4C[C@@H](C(=O)N5CCOCC5)C4(C)C)CC[C@]4(C)[C@H](CC[C@@H]5[C@@]6(C)CC[C@H](OC(=O)[C@H]7C[C@@H](C(=O)O)C7(C)C)C(C)(C)[C@@H]6CC[C@]54C)C23)CC1. The summed E-state index contributed by atoms with van der Waals surface area (Å²) >= 11 is 0. The number of hydrogen-bond donors (Lipinski definition) is 1. The summed E-state index contributed by atoms with van der Waals surface area (Å²) in [5.41, 5.74) is -0.277. The predicted octanol–water partition coefficient (Wildman–Crippen LogP) is 10.0. The van der Waals surface area contributed by atoms with E-state index in [9.17, 15) is 19.5 Å². The minimum absolute atomic E-state index is 0.00308. The second kappa shape index (κ2) is 13.5. The molecule has 9 fully saturated rings. The quantitative estimate of drug-likeness (QED) is 0.243. The third-order valence-electron chi connectivity index (χ3n) is 22.5. The fourth-order valence-electron chi connectivity index (χ4n) is 17.8. The second-order valence-corrected chi connectivity index (χ2v) is 25.3. The molecule has 14 atom stereocenters. The van der Waals surface area contributed by atoms with Gasteiger partial charge in [-0.3, -0.25) is 19.2 Å². The molecule has 9 rings (SSSR count). The van der Waals surface area contributed by atoms with Crippen molar-refractivity contribution in [2.45, 2.75) is 172 Å². The Hall–Kier alpha value is -1.96. The molecule has 0 aromatic heterocycles. The lowest BCUT2D eigenvalue weighted by Gasteiger charge is -2.73. The molecule has 0 radical (unpaired) electrons. The van der Waals surface area contributed by atoms with Crippen molar-refractivity contribution >= 4 is 23.6 Å². The van der Waals surface area contributed by atoms with Crippen molar-refractivity contribution in [1.29, 1.82) is 0 Å². The van der Waals surface area contributed by atoms with Crippen molar-refractivity contribution < 1.29 is 33.8 Å². The largest absolute Gasteiger partial charge is 0.481 e. The van der Waals surface area contributed by atoms with Gasteiger partial charge >= 0.3 is 11.9 Å². The Morgan fingerprint density at radius 2 is 1.34 bits per heavy atom. The molecule has 1 aliphatic heterocycles. The van der Waals surface area contributed by atoms with Gasteiger partial charge in [-0.05, 0) is 158 Å². The normalized spacial score (nSPS) is 48.4. The Kier molecular flexibility index (Phi) is 9.71. The van der Waals surface area contributed by atoms with Crippen LogP contribution in [-0.2, 0) is 28.7 Å². The highest BCUT2D eigenvalue weighted by Crippen LogP contribution is 2.79. The average Bonchev–Trinajstić information content (AvgIpc) is 3.78. The zero-order valence-electron chi connectivity index (χ0n) is 38.6. The molecule has 8 heteroatoms. The smallest absolute Gasteiger partial charge is 0.309 e. The number of Topliss-reactive ketones (excluding diaryl/α,β-unsaturated/α-hetero) is 1. The number of ketones is 1. The molecule has 0 spiro atoms. The summed E-state index contributed by atoms with van der Waals surface area (Å²) < 4.78 is 12.0. The van der Waals surface area contributed by atoms with Crippen LogP contribution >= 0.6 is 0 Å². The third kappa shape index (κ3) is 5.80. The van der Waals surface area contributed by atoms with Crippen LogP contribution in [-0.4, -0.2) is 66.0 Å². The summed E-state index contributed by atoms with van der Waals surface area (Å²) in [4.78, 5) is 56.5. The van der Waals surface area contributed by atoms with Crippen LogP contribution in [0.1, 0.15) is 166 Å². The van der Waals surface area contributed by atoms with Gasteiger partial charge in [0.05, 0.1) is 25.0 Å². The topological polar surface area (TPSA) is 110 Å². The fourth-order valence-corrected chi connectivity index (χ4v) is 17.8. The van der Waals surface area contributed by atoms with Gasteiger partial charge in [0.15, 0.2) is 0 Å². The molecule has 0 aromatic rings. The summed E-state index contributed by atoms with van der Waals surface area (Å²) in [6.07, 6.45) is 15.5. The Balaban J connectivity index is 0.938. The summed E-state index contributed by atoms with van der Waals surface area (Å²) in [6, 6.07) is 0. The van der Waals surface area contributed by atoms with Crippen molar-refractivity contribution in [2.24, 2.45) is 96.6 Å². The molecule has 1 heterocycles. The van der Waals surface area contributed by atoms with Gasteiger partial charge in [-0.15, -0.1) is 0 Å². The maximum atomic E-state index is 15.3. The number of nitrogens with zero attached hydrogens (tertiary/aromatic N) is 1. The predicted molar refractivity (Wildman–Crippen MR) is 227 cm³/mol. The number of carboxylic acid groups (broad SMARTS) is 1. The number of carbonyl (C=O) groups is 4. The zero-order chi connectivity index (χ0) is 42.5. The monoisotopic (exact) mass is 818 g/mol. The van der Waals surface area contributed by atoms with Crippen molar-refractivity contribution in [3.8, 4) is 0 Å². The van der Waals surface area contributed by atoms with Gasteiger partial charge in [0.1, 0.15) is 11.9 Å². The molecule has 1 unspecified atom stereocenters. The van der Waals surface area contributed by atoms with Crippen LogP contribution in [0.5, 0.6) is 0 Å². The Morgan fingerprint density at radius 1 is 0.644 bits per heavy atom. The molecule has 1 amide bonds. The molecule has 8 saturated carbocycles. The first-order valence-electron chi connectivity index (χ1n) is 24.3. The van der Waals surface area contributed by atoms with Gasteiger partial charge in [0.25, 0.3) is 0 Å². The molecule has 0 aromatic carbocycles. The van der Waals surface area contributed by atoms with Crippen molar-refractivity contribution in [3.63, 3.8) is 0 Å². The molecule has 1 saturated heterocycles. The lowest BCUT2D eigenvalue weighted by Crippen LogP contribution is -2.67. The number of hydrogen-bond acceptors (Lipinski definition) is 6. The van der Waals surface area contributed by atoms with Crippen LogP contribution in [0.3, 0.4) is 0 Å². The molecular weight excluding hydrogens is 739 g/mol. The lowest BCUT2D eigenvalue weighted by atomic mass is 9.32. The van der Waals surface area contributed by atoms with Crippen LogP contribution < -0.4 is 0 Å². The number of aliphatic carboxylic acids is 1. The van der Waals surface area contributed by atoms with Crippen LogP contribution in [0.2, 0.25) is 0 Å². The van der Waals surface area contributed by atoms with Crippen LogP contribution in [0.15, 0.2) is 0 Å². The minimum atomic E-state index is -0.813. The molecule has 8 aliphatic carbocycles. The summed E-state index contributed by atoms with van der Waals surface area (Å²) in [6.45, 7) is 26.2. The van der Waals surface area contributed by atoms with Crippen molar-refractivity contribution in [1.82, 2.24) is 4.90 Å². The number of carbonyl (C=O) groups excluding carboxylic acids is 3. The van der Waals surface area contributed by atoms with E-state index in [-0.39, 0.29) is 68.2 Å². The number of esters is 1. The average molecular weight is 818 g/mol. The molecule has 330 valence electrons. The highest BCUT2D eigenvalue weighted by molar-refractivity contribution is 5.87. The Labute approximate surface area is 355 Å². The maximum Gasteiger partial charge on any atom is 0.309 e. The highest BCUT2D eigenvalue weighted by Gasteiger charge is 2.74. The van der Waals surface area contributed by atoms with Gasteiger partial charge in [0, 0.05) is 36.3 Å². The standard InChI is InChI=1S/C51H79NO7/c1-44(2)30(27-33(44)41(54)52-23-25-58-26-24-52)28-38(53)51-18-13-31(47(7)19-20-47)40(51)32-11-12-37-48(8)16-15-39(59-43(57)35-29-34(42(55)56)45(35,3)4)46(5,6)36(48)14-17-50(37,10)49(32,9)21-22-51/h30-37,39-40H,11-29H2,1-10H3,(H,55,56)/t30-,31-,32-,33+,34+,35-,36+,37-,39+,40?,48+,49-,50-,51-/m1/s1. The number of carboxylic acids is 1. The first-order chi connectivity index (χ1) is 27.5. The molecule has 1 N–H and O–H groups in total. The maximum absolute atomic E-state index is 15.3. The van der Waals surface area contributed by atoms with Gasteiger partial charge in [-0.1, -0.05) is 69.2 Å². The number of morpholine rings is 1. The van der Waals surface area contributed by atoms with E-state index in [1.165, 1.54) is 38.5 Å². The van der Waals surface area contributed by atoms with Gasteiger partial charge in [-0.2, -0.15) is 0 Å². The van der Waals surface area contributed by atoms with E-state index in [1.54, 1.807) is 0 Å². The molecule has 59 heavy (non-hydrogen) atoms. The number of amides is 1. The van der Waals surface area contributed by atoms with E-state index >= 15 is 4.79 Å². The van der Waals surface area contributed by atoms with E-state index in [4.69, 9.17) is 9.47 Å². The van der Waals surface area contributed by atoms with Gasteiger partial charge in [0.2, 0.25) is 5.91 Å². The lowest BCUT2D eigenvalue weighted by molar-refractivity contribution is -0.252. The van der Waals surface area contributed by atoms with E-state index < -0.39 is 17.3 Å². The number of rotatable bonds is 8. The minimum Gasteiger partial charge on any atom is -0.481 e. The third-order valence-corrected chi connectivity index (χ3v) is 22.5. The molecule has 8 nitrogen and oxygen atoms in total. The van der Waals surface area contributed by atoms with Crippen molar-refractivity contribution in [2.75, 3.05) is 26.3 Å². The second-order valence-electron chi connectivity index (χ2n) is 25.3. The van der Waals surface area contributed by atoms with Crippen LogP contribution in [0.4, 0.5) is 0 Å². The zero-order valence-corrected chi connectivity index (χ0v) is 38.6. The van der Waals surface area contributed by atoms with E-state index in [0.717, 1.165) is 44.9 Å².